The molecule has 2 heteroatoms. The second kappa shape index (κ2) is 8.41. The summed E-state index contributed by atoms with van der Waals surface area (Å²) in [6.45, 7) is 5.42. The van der Waals surface area contributed by atoms with Crippen LogP contribution in [0.25, 0.3) is 0 Å². The summed E-state index contributed by atoms with van der Waals surface area (Å²) in [6.07, 6.45) is 6.83. The predicted octanol–water partition coefficient (Wildman–Crippen LogP) is 4.14. The zero-order chi connectivity index (χ0) is 14.1. The van der Waals surface area contributed by atoms with Crippen molar-refractivity contribution in [3.63, 3.8) is 0 Å². The minimum absolute atomic E-state index is 0.185. The molecule has 0 heterocycles. The van der Waals surface area contributed by atoms with Crippen molar-refractivity contribution in [3.8, 4) is 0 Å². The van der Waals surface area contributed by atoms with Crippen LogP contribution in [0.15, 0.2) is 36.4 Å². The number of carbonyl (C=O) groups excluding carboxylic acids is 2. The summed E-state index contributed by atoms with van der Waals surface area (Å²) in [5.74, 6) is 0.185. The van der Waals surface area contributed by atoms with E-state index < -0.39 is 0 Å². The third kappa shape index (κ3) is 6.14. The molecule has 0 saturated carbocycles. The first-order valence-corrected chi connectivity index (χ1v) is 6.86. The molecular weight excluding hydrogens is 236 g/mol. The third-order valence-corrected chi connectivity index (χ3v) is 3.21. The predicted molar refractivity (Wildman–Crippen MR) is 78.4 cm³/mol. The lowest BCUT2D eigenvalue weighted by Gasteiger charge is -2.03. The zero-order valence-electron chi connectivity index (χ0n) is 11.7. The van der Waals surface area contributed by atoms with E-state index in [1.807, 2.05) is 24.3 Å². The maximum absolute atomic E-state index is 11.3. The molecular formula is C17H22O2. The Balaban J connectivity index is 2.12. The summed E-state index contributed by atoms with van der Waals surface area (Å²) >= 11 is 0. The van der Waals surface area contributed by atoms with Gasteiger partial charge in [0.2, 0.25) is 0 Å². The molecule has 0 radical (unpaired) electrons. The van der Waals surface area contributed by atoms with E-state index in [4.69, 9.17) is 0 Å². The second-order valence-electron chi connectivity index (χ2n) is 4.98. The van der Waals surface area contributed by atoms with Gasteiger partial charge in [0.1, 0.15) is 6.29 Å². The zero-order valence-corrected chi connectivity index (χ0v) is 11.7. The molecule has 2 nitrogen and oxygen atoms in total. The molecule has 0 amide bonds. The lowest BCUT2D eigenvalue weighted by molar-refractivity contribution is -0.115. The number of hydrogen-bond acceptors (Lipinski definition) is 2. The lowest BCUT2D eigenvalue weighted by atomic mass is 10.0. The topological polar surface area (TPSA) is 34.1 Å². The number of Topliss-reactive ketones (excluding diaryl/α,β-unsaturated/α-hetero) is 1. The Morgan fingerprint density at radius 1 is 1.11 bits per heavy atom. The van der Waals surface area contributed by atoms with E-state index in [0.29, 0.717) is 12.0 Å². The molecule has 0 aromatic heterocycles. The van der Waals surface area contributed by atoms with Gasteiger partial charge in [-0.05, 0) is 37.3 Å². The fraction of sp³-hybridized carbons (Fsp3) is 0.412. The molecule has 0 aliphatic rings. The van der Waals surface area contributed by atoms with E-state index in [2.05, 4.69) is 6.58 Å². The van der Waals surface area contributed by atoms with Crippen molar-refractivity contribution in [1.29, 1.82) is 0 Å². The fourth-order valence-electron chi connectivity index (χ4n) is 1.94. The van der Waals surface area contributed by atoms with Gasteiger partial charge in [-0.15, -0.1) is 0 Å². The van der Waals surface area contributed by atoms with Gasteiger partial charge in [0.25, 0.3) is 0 Å². The van der Waals surface area contributed by atoms with E-state index in [-0.39, 0.29) is 5.78 Å². The first-order chi connectivity index (χ1) is 9.13. The van der Waals surface area contributed by atoms with Crippen LogP contribution in [0.2, 0.25) is 0 Å². The number of ketones is 1. The molecule has 0 aliphatic heterocycles. The van der Waals surface area contributed by atoms with E-state index in [0.717, 1.165) is 44.0 Å². The molecule has 0 N–H and O–H groups in total. The number of rotatable bonds is 9. The number of unbranched alkanes of at least 4 members (excludes halogenated alkanes) is 3. The molecule has 102 valence electrons. The number of aldehydes is 1. The standard InChI is InChI=1S/C17H22O2/c1-14(2)17(19)8-6-4-3-5-7-15-9-11-16(13-18)12-10-15/h9-13H,1,3-8H2,2H3. The summed E-state index contributed by atoms with van der Waals surface area (Å²) in [5.41, 5.74) is 2.65. The minimum atomic E-state index is 0.185. The van der Waals surface area contributed by atoms with E-state index in [1.54, 1.807) is 6.92 Å². The van der Waals surface area contributed by atoms with Crippen molar-refractivity contribution in [2.75, 3.05) is 0 Å². The SMILES string of the molecule is C=C(C)C(=O)CCCCCCc1ccc(C=O)cc1. The number of carbonyl (C=O) groups is 2. The molecule has 1 rings (SSSR count). The molecule has 0 saturated heterocycles. The second-order valence-corrected chi connectivity index (χ2v) is 4.98. The van der Waals surface area contributed by atoms with Gasteiger partial charge in [0.05, 0.1) is 0 Å². The van der Waals surface area contributed by atoms with Crippen LogP contribution in [0.3, 0.4) is 0 Å². The largest absolute Gasteiger partial charge is 0.298 e. The molecule has 19 heavy (non-hydrogen) atoms. The van der Waals surface area contributed by atoms with E-state index >= 15 is 0 Å². The van der Waals surface area contributed by atoms with Crippen LogP contribution >= 0.6 is 0 Å². The maximum atomic E-state index is 11.3. The summed E-state index contributed by atoms with van der Waals surface area (Å²) in [5, 5.41) is 0. The Morgan fingerprint density at radius 2 is 1.74 bits per heavy atom. The van der Waals surface area contributed by atoms with Crippen LogP contribution in [0.4, 0.5) is 0 Å². The molecule has 0 aliphatic carbocycles. The van der Waals surface area contributed by atoms with Gasteiger partial charge in [-0.25, -0.2) is 0 Å². The van der Waals surface area contributed by atoms with Gasteiger partial charge in [0, 0.05) is 12.0 Å². The van der Waals surface area contributed by atoms with Crippen molar-refractivity contribution < 1.29 is 9.59 Å². The van der Waals surface area contributed by atoms with Crippen molar-refractivity contribution in [3.05, 3.63) is 47.5 Å². The molecule has 0 spiro atoms. The van der Waals surface area contributed by atoms with Crippen LogP contribution in [-0.2, 0) is 11.2 Å². The Kier molecular flexibility index (Phi) is 6.80. The highest BCUT2D eigenvalue weighted by Crippen LogP contribution is 2.11. The summed E-state index contributed by atoms with van der Waals surface area (Å²) in [7, 11) is 0. The van der Waals surface area contributed by atoms with Crippen molar-refractivity contribution >= 4 is 12.1 Å². The van der Waals surface area contributed by atoms with Crippen LogP contribution < -0.4 is 0 Å². The summed E-state index contributed by atoms with van der Waals surface area (Å²) in [6, 6.07) is 7.73. The Bertz CT molecular complexity index is 429. The van der Waals surface area contributed by atoms with Gasteiger partial charge in [-0.3, -0.25) is 9.59 Å². The molecule has 0 unspecified atom stereocenters. The molecule has 0 atom stereocenters. The van der Waals surface area contributed by atoms with Crippen LogP contribution in [0.5, 0.6) is 0 Å². The smallest absolute Gasteiger partial charge is 0.157 e. The highest BCUT2D eigenvalue weighted by Gasteiger charge is 2.01. The average Bonchev–Trinajstić information content (AvgIpc) is 2.42. The first kappa shape index (κ1) is 15.4. The minimum Gasteiger partial charge on any atom is -0.298 e. The van der Waals surface area contributed by atoms with E-state index in [1.165, 1.54) is 5.56 Å². The summed E-state index contributed by atoms with van der Waals surface area (Å²) in [4.78, 5) is 21.8. The van der Waals surface area contributed by atoms with Gasteiger partial charge < -0.3 is 0 Å². The van der Waals surface area contributed by atoms with Gasteiger partial charge in [0.15, 0.2) is 5.78 Å². The van der Waals surface area contributed by atoms with Gasteiger partial charge in [-0.2, -0.15) is 0 Å². The Morgan fingerprint density at radius 3 is 2.32 bits per heavy atom. The maximum Gasteiger partial charge on any atom is 0.157 e. The summed E-state index contributed by atoms with van der Waals surface area (Å²) < 4.78 is 0. The fourth-order valence-corrected chi connectivity index (χ4v) is 1.94. The Labute approximate surface area is 115 Å². The van der Waals surface area contributed by atoms with Gasteiger partial charge in [-0.1, -0.05) is 43.7 Å². The number of hydrogen-bond donors (Lipinski definition) is 0. The quantitative estimate of drug-likeness (QED) is 0.379. The Hall–Kier alpha value is -1.70. The van der Waals surface area contributed by atoms with Crippen molar-refractivity contribution in [2.24, 2.45) is 0 Å². The lowest BCUT2D eigenvalue weighted by Crippen LogP contribution is -1.97. The molecule has 0 bridgehead atoms. The normalized spacial score (nSPS) is 10.2. The molecule has 1 aromatic rings. The van der Waals surface area contributed by atoms with Crippen molar-refractivity contribution in [2.45, 2.75) is 45.4 Å². The molecule has 1 aromatic carbocycles. The number of allylic oxidation sites excluding steroid dienone is 1. The first-order valence-electron chi connectivity index (χ1n) is 6.86. The molecule has 0 fully saturated rings. The third-order valence-electron chi connectivity index (χ3n) is 3.21. The average molecular weight is 258 g/mol. The van der Waals surface area contributed by atoms with Crippen LogP contribution in [0.1, 0.15) is 54.9 Å². The number of aryl methyl sites for hydroxylation is 1. The van der Waals surface area contributed by atoms with Gasteiger partial charge >= 0.3 is 0 Å². The monoisotopic (exact) mass is 258 g/mol. The number of benzene rings is 1. The highest BCUT2D eigenvalue weighted by atomic mass is 16.1. The van der Waals surface area contributed by atoms with E-state index in [9.17, 15) is 9.59 Å². The highest BCUT2D eigenvalue weighted by molar-refractivity contribution is 5.93. The van der Waals surface area contributed by atoms with Crippen LogP contribution in [-0.4, -0.2) is 12.1 Å². The van der Waals surface area contributed by atoms with Crippen LogP contribution in [0, 0.1) is 0 Å². The van der Waals surface area contributed by atoms with Crippen molar-refractivity contribution in [1.82, 2.24) is 0 Å².